The van der Waals surface area contributed by atoms with Gasteiger partial charge in [-0.2, -0.15) is 4.37 Å². The van der Waals surface area contributed by atoms with Gasteiger partial charge in [-0.25, -0.2) is 0 Å². The molecule has 2 aliphatic rings. The zero-order valence-corrected chi connectivity index (χ0v) is 12.5. The summed E-state index contributed by atoms with van der Waals surface area (Å²) in [4.78, 5) is 14.4. The van der Waals surface area contributed by atoms with Crippen molar-refractivity contribution in [2.24, 2.45) is 5.92 Å². The van der Waals surface area contributed by atoms with Gasteiger partial charge in [-0.1, -0.05) is 6.08 Å². The maximum atomic E-state index is 12.5. The lowest BCUT2D eigenvalue weighted by Gasteiger charge is -2.37. The number of amides is 1. The Kier molecular flexibility index (Phi) is 3.52. The third-order valence-electron chi connectivity index (χ3n) is 3.72. The normalized spacial score (nSPS) is 23.5. The molecule has 0 spiro atoms. The maximum Gasteiger partial charge on any atom is 0.277 e. The van der Waals surface area contributed by atoms with Gasteiger partial charge in [0.2, 0.25) is 0 Å². The predicted octanol–water partition coefficient (Wildman–Crippen LogP) is 3.83. The fourth-order valence-electron chi connectivity index (χ4n) is 2.89. The second-order valence-electron chi connectivity index (χ2n) is 4.87. The largest absolute Gasteiger partial charge is 0.311 e. The van der Waals surface area contributed by atoms with Crippen molar-refractivity contribution in [2.45, 2.75) is 32.1 Å². The minimum atomic E-state index is 0.0646. The van der Waals surface area contributed by atoms with Gasteiger partial charge in [-0.3, -0.25) is 4.79 Å². The molecule has 3 rings (SSSR count). The van der Waals surface area contributed by atoms with Crippen molar-refractivity contribution in [3.63, 3.8) is 0 Å². The monoisotopic (exact) mass is 326 g/mol. The van der Waals surface area contributed by atoms with Gasteiger partial charge < -0.3 is 4.90 Å². The van der Waals surface area contributed by atoms with E-state index in [9.17, 15) is 4.79 Å². The van der Waals surface area contributed by atoms with Crippen LogP contribution in [-0.4, -0.2) is 21.7 Å². The SMILES string of the molecule is O=C(c1cc(Br)sn1)N1CCC[C@@H]2CCCC=C21. The molecule has 1 aliphatic heterocycles. The molecule has 96 valence electrons. The fourth-order valence-corrected chi connectivity index (χ4v) is 3.80. The van der Waals surface area contributed by atoms with Gasteiger partial charge in [-0.15, -0.1) is 0 Å². The van der Waals surface area contributed by atoms with Crippen LogP contribution in [0.5, 0.6) is 0 Å². The number of halogens is 1. The number of allylic oxidation sites excluding steroid dienone is 2. The lowest BCUT2D eigenvalue weighted by atomic mass is 9.85. The Bertz CT molecular complexity index is 497. The zero-order valence-electron chi connectivity index (χ0n) is 10.1. The molecule has 2 heterocycles. The molecule has 1 aromatic rings. The number of hydrogen-bond donors (Lipinski definition) is 0. The van der Waals surface area contributed by atoms with E-state index < -0.39 is 0 Å². The smallest absolute Gasteiger partial charge is 0.277 e. The summed E-state index contributed by atoms with van der Waals surface area (Å²) >= 11 is 4.69. The molecule has 1 amide bonds. The highest BCUT2D eigenvalue weighted by molar-refractivity contribution is 9.11. The van der Waals surface area contributed by atoms with Crippen molar-refractivity contribution >= 4 is 33.4 Å². The van der Waals surface area contributed by atoms with E-state index in [0.717, 1.165) is 23.2 Å². The summed E-state index contributed by atoms with van der Waals surface area (Å²) < 4.78 is 5.12. The van der Waals surface area contributed by atoms with Crippen LogP contribution in [-0.2, 0) is 0 Å². The van der Waals surface area contributed by atoms with E-state index in [1.165, 1.54) is 36.5 Å². The van der Waals surface area contributed by atoms with Crippen LogP contribution in [0.15, 0.2) is 21.6 Å². The highest BCUT2D eigenvalue weighted by atomic mass is 79.9. The Hall–Kier alpha value is -0.680. The van der Waals surface area contributed by atoms with Crippen molar-refractivity contribution in [1.82, 2.24) is 9.27 Å². The van der Waals surface area contributed by atoms with Crippen LogP contribution in [0.25, 0.3) is 0 Å². The molecule has 3 nitrogen and oxygen atoms in total. The highest BCUT2D eigenvalue weighted by Crippen LogP contribution is 2.35. The van der Waals surface area contributed by atoms with Crippen molar-refractivity contribution < 1.29 is 4.79 Å². The molecule has 0 saturated carbocycles. The molecule has 5 heteroatoms. The van der Waals surface area contributed by atoms with Crippen LogP contribution in [0, 0.1) is 5.92 Å². The third kappa shape index (κ3) is 2.26. The number of carbonyl (C=O) groups is 1. The summed E-state index contributed by atoms with van der Waals surface area (Å²) in [6.07, 6.45) is 8.20. The molecule has 0 N–H and O–H groups in total. The molecule has 0 aromatic carbocycles. The number of piperidine rings is 1. The molecule has 1 atom stereocenters. The molecule has 1 fully saturated rings. The number of rotatable bonds is 1. The average Bonchev–Trinajstić information content (AvgIpc) is 2.84. The van der Waals surface area contributed by atoms with E-state index in [1.54, 1.807) is 0 Å². The van der Waals surface area contributed by atoms with Gasteiger partial charge in [0.1, 0.15) is 5.69 Å². The number of nitrogens with zero attached hydrogens (tertiary/aromatic N) is 2. The summed E-state index contributed by atoms with van der Waals surface area (Å²) in [6, 6.07) is 1.82. The summed E-state index contributed by atoms with van der Waals surface area (Å²) in [5.74, 6) is 0.660. The lowest BCUT2D eigenvalue weighted by Crippen LogP contribution is -2.39. The van der Waals surface area contributed by atoms with E-state index in [-0.39, 0.29) is 5.91 Å². The van der Waals surface area contributed by atoms with Crippen LogP contribution in [0.4, 0.5) is 0 Å². The zero-order chi connectivity index (χ0) is 12.5. The van der Waals surface area contributed by atoms with Gasteiger partial charge in [0.05, 0.1) is 3.79 Å². The number of carbonyl (C=O) groups excluding carboxylic acids is 1. The first kappa shape index (κ1) is 12.4. The summed E-state index contributed by atoms with van der Waals surface area (Å²) in [7, 11) is 0. The van der Waals surface area contributed by atoms with Gasteiger partial charge in [0.25, 0.3) is 5.91 Å². The second-order valence-corrected chi connectivity index (χ2v) is 7.06. The minimum Gasteiger partial charge on any atom is -0.311 e. The molecule has 1 aromatic heterocycles. The van der Waals surface area contributed by atoms with Crippen molar-refractivity contribution in [3.8, 4) is 0 Å². The quantitative estimate of drug-likeness (QED) is 0.785. The van der Waals surface area contributed by atoms with Gasteiger partial charge in [0, 0.05) is 12.2 Å². The Morgan fingerprint density at radius 2 is 2.28 bits per heavy atom. The average molecular weight is 327 g/mol. The Morgan fingerprint density at radius 1 is 1.44 bits per heavy atom. The van der Waals surface area contributed by atoms with Crippen molar-refractivity contribution in [3.05, 3.63) is 27.3 Å². The summed E-state index contributed by atoms with van der Waals surface area (Å²) in [5.41, 5.74) is 1.82. The summed E-state index contributed by atoms with van der Waals surface area (Å²) in [5, 5.41) is 0. The Morgan fingerprint density at radius 3 is 3.06 bits per heavy atom. The first-order chi connectivity index (χ1) is 8.75. The highest BCUT2D eigenvalue weighted by Gasteiger charge is 2.31. The molecule has 0 bridgehead atoms. The first-order valence-electron chi connectivity index (χ1n) is 6.40. The maximum absolute atomic E-state index is 12.5. The molecular formula is C13H15BrN2OS. The van der Waals surface area contributed by atoms with Crippen LogP contribution >= 0.6 is 27.5 Å². The molecule has 1 aliphatic carbocycles. The number of aromatic nitrogens is 1. The number of hydrogen-bond acceptors (Lipinski definition) is 3. The van der Waals surface area contributed by atoms with E-state index >= 15 is 0 Å². The number of fused-ring (bicyclic) bond motifs is 1. The standard InChI is InChI=1S/C13H15BrN2OS/c14-12-8-10(15-18-12)13(17)16-7-3-5-9-4-1-2-6-11(9)16/h6,8-9H,1-5,7H2/t9-/m0/s1. The van der Waals surface area contributed by atoms with E-state index in [0.29, 0.717) is 11.6 Å². The van der Waals surface area contributed by atoms with Crippen molar-refractivity contribution in [2.75, 3.05) is 6.54 Å². The molecule has 0 radical (unpaired) electrons. The molecule has 1 saturated heterocycles. The van der Waals surface area contributed by atoms with Gasteiger partial charge in [-0.05, 0) is 71.6 Å². The van der Waals surface area contributed by atoms with Crippen LogP contribution < -0.4 is 0 Å². The first-order valence-corrected chi connectivity index (χ1v) is 7.96. The number of likely N-dealkylation sites (tertiary alicyclic amines) is 1. The molecule has 0 unspecified atom stereocenters. The van der Waals surface area contributed by atoms with Crippen molar-refractivity contribution in [1.29, 1.82) is 0 Å². The third-order valence-corrected chi connectivity index (χ3v) is 4.96. The van der Waals surface area contributed by atoms with Crippen LogP contribution in [0.3, 0.4) is 0 Å². The Balaban J connectivity index is 1.86. The molecular weight excluding hydrogens is 312 g/mol. The van der Waals surface area contributed by atoms with Crippen LogP contribution in [0.2, 0.25) is 0 Å². The fraction of sp³-hybridized carbons (Fsp3) is 0.538. The lowest BCUT2D eigenvalue weighted by molar-refractivity contribution is 0.0744. The topological polar surface area (TPSA) is 33.2 Å². The Labute approximate surface area is 119 Å². The van der Waals surface area contributed by atoms with E-state index in [1.807, 2.05) is 11.0 Å². The predicted molar refractivity (Wildman–Crippen MR) is 75.5 cm³/mol. The van der Waals surface area contributed by atoms with E-state index in [4.69, 9.17) is 0 Å². The summed E-state index contributed by atoms with van der Waals surface area (Å²) in [6.45, 7) is 0.844. The molecule has 18 heavy (non-hydrogen) atoms. The minimum absolute atomic E-state index is 0.0646. The van der Waals surface area contributed by atoms with Gasteiger partial charge >= 0.3 is 0 Å². The van der Waals surface area contributed by atoms with E-state index in [2.05, 4.69) is 26.4 Å². The second kappa shape index (κ2) is 5.13. The van der Waals surface area contributed by atoms with Crippen LogP contribution in [0.1, 0.15) is 42.6 Å². The van der Waals surface area contributed by atoms with Gasteiger partial charge in [0.15, 0.2) is 0 Å².